The SMILES string of the molecule is CC(C)C(NC(=O)CCCC(=O)N(C)C)C(=O)N[C@@H](CCCNC(N)=O)C(=O)Nc1ccc(CO)cc1. The second kappa shape index (κ2) is 16.1. The largest absolute Gasteiger partial charge is 0.392 e. The minimum absolute atomic E-state index is 0.0859. The van der Waals surface area contributed by atoms with Gasteiger partial charge < -0.3 is 37.0 Å². The maximum absolute atomic E-state index is 13.1. The lowest BCUT2D eigenvalue weighted by Gasteiger charge is -2.25. The van der Waals surface area contributed by atoms with E-state index in [9.17, 15) is 29.1 Å². The Balaban J connectivity index is 2.84. The Bertz CT molecular complexity index is 919. The Morgan fingerprint density at radius 2 is 1.59 bits per heavy atom. The van der Waals surface area contributed by atoms with Crippen LogP contribution in [0.5, 0.6) is 0 Å². The summed E-state index contributed by atoms with van der Waals surface area (Å²) in [6, 6.07) is 4.07. The van der Waals surface area contributed by atoms with Crippen LogP contribution in [0.15, 0.2) is 24.3 Å². The summed E-state index contributed by atoms with van der Waals surface area (Å²) in [5.41, 5.74) is 6.25. The van der Waals surface area contributed by atoms with Crippen molar-refractivity contribution in [3.05, 3.63) is 29.8 Å². The van der Waals surface area contributed by atoms with Crippen molar-refractivity contribution in [2.45, 2.75) is 64.6 Å². The maximum Gasteiger partial charge on any atom is 0.312 e. The van der Waals surface area contributed by atoms with Crippen LogP contribution in [0.4, 0.5) is 10.5 Å². The fourth-order valence-corrected chi connectivity index (χ4v) is 3.38. The van der Waals surface area contributed by atoms with Crippen molar-refractivity contribution in [3.8, 4) is 0 Å². The third-order valence-corrected chi connectivity index (χ3v) is 5.56. The minimum atomic E-state index is -0.949. The summed E-state index contributed by atoms with van der Waals surface area (Å²) in [5.74, 6) is -1.71. The van der Waals surface area contributed by atoms with E-state index in [1.54, 1.807) is 52.2 Å². The molecule has 0 saturated heterocycles. The van der Waals surface area contributed by atoms with Crippen LogP contribution in [0.3, 0.4) is 0 Å². The number of aliphatic hydroxyl groups is 1. The molecule has 0 aromatic heterocycles. The summed E-state index contributed by atoms with van der Waals surface area (Å²) in [6.45, 7) is 3.63. The van der Waals surface area contributed by atoms with E-state index >= 15 is 0 Å². The van der Waals surface area contributed by atoms with Gasteiger partial charge in [0.25, 0.3) is 0 Å². The summed E-state index contributed by atoms with van der Waals surface area (Å²) in [5, 5.41) is 19.8. The zero-order valence-electron chi connectivity index (χ0n) is 22.0. The Hall–Kier alpha value is -3.67. The molecule has 12 nitrogen and oxygen atoms in total. The first kappa shape index (κ1) is 31.4. The van der Waals surface area contributed by atoms with E-state index in [1.165, 1.54) is 4.90 Å². The van der Waals surface area contributed by atoms with Crippen molar-refractivity contribution in [2.75, 3.05) is 26.0 Å². The van der Waals surface area contributed by atoms with E-state index in [0.717, 1.165) is 0 Å². The first-order valence-corrected chi connectivity index (χ1v) is 12.3. The third-order valence-electron chi connectivity index (χ3n) is 5.56. The van der Waals surface area contributed by atoms with Gasteiger partial charge in [-0.2, -0.15) is 0 Å². The molecule has 6 amide bonds. The average Bonchev–Trinajstić information content (AvgIpc) is 2.84. The molecule has 0 aliphatic carbocycles. The highest BCUT2D eigenvalue weighted by molar-refractivity contribution is 5.98. The van der Waals surface area contributed by atoms with Gasteiger partial charge >= 0.3 is 6.03 Å². The monoisotopic (exact) mass is 520 g/mol. The van der Waals surface area contributed by atoms with E-state index in [-0.39, 0.29) is 50.1 Å². The standard InChI is InChI=1S/C25H40N6O6/c1-16(2)22(30-20(33)8-5-9-21(34)31(3)4)24(36)29-19(7-6-14-27-25(26)37)23(35)28-18-12-10-17(15-32)11-13-18/h10-13,16,19,22,32H,5-9,14-15H2,1-4H3,(H,28,35)(H,29,36)(H,30,33)(H3,26,27,37)/t19-,22?/m0/s1. The number of benzene rings is 1. The summed E-state index contributed by atoms with van der Waals surface area (Å²) >= 11 is 0. The van der Waals surface area contributed by atoms with E-state index in [0.29, 0.717) is 24.1 Å². The second-order valence-corrected chi connectivity index (χ2v) is 9.27. The Kier molecular flexibility index (Phi) is 13.7. The van der Waals surface area contributed by atoms with Gasteiger partial charge in [0.1, 0.15) is 12.1 Å². The number of hydrogen-bond donors (Lipinski definition) is 6. The van der Waals surface area contributed by atoms with Crippen molar-refractivity contribution in [3.63, 3.8) is 0 Å². The van der Waals surface area contributed by atoms with Crippen LogP contribution in [-0.4, -0.2) is 72.4 Å². The first-order chi connectivity index (χ1) is 17.4. The fourth-order valence-electron chi connectivity index (χ4n) is 3.38. The highest BCUT2D eigenvalue weighted by atomic mass is 16.3. The molecule has 0 aliphatic heterocycles. The zero-order chi connectivity index (χ0) is 28.0. The van der Waals surface area contributed by atoms with E-state index in [1.807, 2.05) is 0 Å². The van der Waals surface area contributed by atoms with Crippen molar-refractivity contribution in [1.29, 1.82) is 0 Å². The molecule has 0 heterocycles. The summed E-state index contributed by atoms with van der Waals surface area (Å²) in [4.78, 5) is 62.6. The summed E-state index contributed by atoms with van der Waals surface area (Å²) in [7, 11) is 3.28. The third kappa shape index (κ3) is 12.2. The van der Waals surface area contributed by atoms with Crippen LogP contribution in [0.25, 0.3) is 0 Å². The minimum Gasteiger partial charge on any atom is -0.392 e. The number of primary amides is 1. The maximum atomic E-state index is 13.1. The molecule has 7 N–H and O–H groups in total. The highest BCUT2D eigenvalue weighted by Gasteiger charge is 2.28. The molecule has 0 radical (unpaired) electrons. The molecule has 0 fully saturated rings. The van der Waals surface area contributed by atoms with Gasteiger partial charge in [-0.1, -0.05) is 26.0 Å². The molecule has 1 unspecified atom stereocenters. The normalized spacial score (nSPS) is 12.3. The lowest BCUT2D eigenvalue weighted by molar-refractivity contribution is -0.132. The van der Waals surface area contributed by atoms with Crippen LogP contribution in [0.2, 0.25) is 0 Å². The van der Waals surface area contributed by atoms with Crippen molar-refractivity contribution < 1.29 is 29.1 Å². The number of carbonyl (C=O) groups is 5. The van der Waals surface area contributed by atoms with Gasteiger partial charge in [-0.15, -0.1) is 0 Å². The molecule has 1 aromatic carbocycles. The van der Waals surface area contributed by atoms with Crippen molar-refractivity contribution in [2.24, 2.45) is 11.7 Å². The van der Waals surface area contributed by atoms with Crippen molar-refractivity contribution in [1.82, 2.24) is 20.9 Å². The molecular weight excluding hydrogens is 480 g/mol. The molecule has 0 spiro atoms. The van der Waals surface area contributed by atoms with Crippen LogP contribution in [-0.2, 0) is 25.8 Å². The highest BCUT2D eigenvalue weighted by Crippen LogP contribution is 2.12. The topological polar surface area (TPSA) is 183 Å². The molecule has 1 aromatic rings. The molecule has 1 rings (SSSR count). The lowest BCUT2D eigenvalue weighted by atomic mass is 10.0. The van der Waals surface area contributed by atoms with E-state index in [2.05, 4.69) is 21.3 Å². The van der Waals surface area contributed by atoms with Gasteiger partial charge in [0, 0.05) is 39.2 Å². The Morgan fingerprint density at radius 1 is 0.946 bits per heavy atom. The van der Waals surface area contributed by atoms with Gasteiger partial charge in [-0.3, -0.25) is 19.2 Å². The molecular formula is C25H40N6O6. The fraction of sp³-hybridized carbons (Fsp3) is 0.560. The first-order valence-electron chi connectivity index (χ1n) is 12.3. The summed E-state index contributed by atoms with van der Waals surface area (Å²) in [6.07, 6.45) is 1.23. The number of anilines is 1. The average molecular weight is 521 g/mol. The number of hydrogen-bond acceptors (Lipinski definition) is 6. The van der Waals surface area contributed by atoms with Crippen LogP contribution < -0.4 is 27.0 Å². The van der Waals surface area contributed by atoms with Crippen LogP contribution >= 0.6 is 0 Å². The second-order valence-electron chi connectivity index (χ2n) is 9.27. The molecule has 0 aliphatic rings. The number of nitrogens with two attached hydrogens (primary N) is 1. The molecule has 206 valence electrons. The lowest BCUT2D eigenvalue weighted by Crippen LogP contribution is -2.54. The number of urea groups is 1. The van der Waals surface area contributed by atoms with Gasteiger partial charge in [-0.05, 0) is 42.9 Å². The number of nitrogens with one attached hydrogen (secondary N) is 4. The smallest absolute Gasteiger partial charge is 0.312 e. The number of amides is 6. The number of rotatable bonds is 15. The molecule has 0 bridgehead atoms. The van der Waals surface area contributed by atoms with Gasteiger partial charge in [0.2, 0.25) is 23.6 Å². The number of nitrogens with zero attached hydrogens (tertiary/aromatic N) is 1. The van der Waals surface area contributed by atoms with E-state index < -0.39 is 29.9 Å². The van der Waals surface area contributed by atoms with E-state index in [4.69, 9.17) is 5.73 Å². The molecule has 0 saturated carbocycles. The van der Waals surface area contributed by atoms with Gasteiger partial charge in [-0.25, -0.2) is 4.79 Å². The predicted molar refractivity (Wildman–Crippen MR) is 139 cm³/mol. The van der Waals surface area contributed by atoms with Gasteiger partial charge in [0.05, 0.1) is 6.61 Å². The van der Waals surface area contributed by atoms with Crippen molar-refractivity contribution >= 4 is 35.3 Å². The predicted octanol–water partition coefficient (Wildman–Crippen LogP) is 0.450. The number of carbonyl (C=O) groups excluding carboxylic acids is 5. The number of aliphatic hydroxyl groups excluding tert-OH is 1. The Labute approximate surface area is 217 Å². The van der Waals surface area contributed by atoms with Crippen LogP contribution in [0, 0.1) is 5.92 Å². The van der Waals surface area contributed by atoms with Crippen LogP contribution in [0.1, 0.15) is 51.5 Å². The molecule has 37 heavy (non-hydrogen) atoms. The zero-order valence-corrected chi connectivity index (χ0v) is 22.0. The molecule has 12 heteroatoms. The quantitative estimate of drug-likeness (QED) is 0.182. The Morgan fingerprint density at radius 3 is 2.14 bits per heavy atom. The van der Waals surface area contributed by atoms with Gasteiger partial charge in [0.15, 0.2) is 0 Å². The molecule has 2 atom stereocenters. The summed E-state index contributed by atoms with van der Waals surface area (Å²) < 4.78 is 0.